The van der Waals surface area contributed by atoms with Gasteiger partial charge in [-0.15, -0.1) is 0 Å². The third-order valence-corrected chi connectivity index (χ3v) is 6.24. The van der Waals surface area contributed by atoms with Gasteiger partial charge < -0.3 is 9.47 Å². The predicted octanol–water partition coefficient (Wildman–Crippen LogP) is 6.11. The van der Waals surface area contributed by atoms with E-state index in [0.29, 0.717) is 39.4 Å². The number of hydrogen-bond donors (Lipinski definition) is 1. The minimum Gasteiger partial charge on any atom is -0.490 e. The topological polar surface area (TPSA) is 67.9 Å². The Balaban J connectivity index is 1.61. The van der Waals surface area contributed by atoms with Crippen LogP contribution in [0.5, 0.6) is 11.5 Å². The highest BCUT2D eigenvalue weighted by atomic mass is 35.5. The van der Waals surface area contributed by atoms with Gasteiger partial charge in [0.2, 0.25) is 0 Å². The molecule has 0 aromatic heterocycles. The number of amides is 2. The number of benzene rings is 3. The molecule has 4 rings (SSSR count). The Bertz CT molecular complexity index is 1370. The van der Waals surface area contributed by atoms with E-state index in [2.05, 4.69) is 5.32 Å². The smallest absolute Gasteiger partial charge is 0.270 e. The summed E-state index contributed by atoms with van der Waals surface area (Å²) >= 11 is 17.5. The Morgan fingerprint density at radius 2 is 1.72 bits per heavy atom. The molecule has 9 heteroatoms. The summed E-state index contributed by atoms with van der Waals surface area (Å²) < 4.78 is 11.7. The number of anilines is 1. The summed E-state index contributed by atoms with van der Waals surface area (Å²) in [6.07, 6.45) is 1.50. The van der Waals surface area contributed by atoms with E-state index >= 15 is 0 Å². The average molecular weight is 541 g/mol. The van der Waals surface area contributed by atoms with Gasteiger partial charge >= 0.3 is 0 Å². The molecule has 1 heterocycles. The Kier molecular flexibility index (Phi) is 7.94. The number of carbonyl (C=O) groups is 2. The van der Waals surface area contributed by atoms with Crippen LogP contribution in [0, 0.1) is 6.92 Å². The molecular formula is C27H22Cl2N2O4S. The average Bonchev–Trinajstić information content (AvgIpc) is 2.83. The molecule has 3 aromatic rings. The minimum absolute atomic E-state index is 0.0330. The molecule has 0 saturated carbocycles. The maximum Gasteiger partial charge on any atom is 0.270 e. The molecule has 0 aliphatic carbocycles. The van der Waals surface area contributed by atoms with Crippen LogP contribution in [-0.4, -0.2) is 23.5 Å². The van der Waals surface area contributed by atoms with Crippen LogP contribution in [-0.2, 0) is 16.2 Å². The van der Waals surface area contributed by atoms with E-state index in [4.69, 9.17) is 44.9 Å². The predicted molar refractivity (Wildman–Crippen MR) is 146 cm³/mol. The molecular weight excluding hydrogens is 519 g/mol. The van der Waals surface area contributed by atoms with Crippen LogP contribution in [0.1, 0.15) is 23.6 Å². The lowest BCUT2D eigenvalue weighted by molar-refractivity contribution is -0.122. The molecule has 0 spiro atoms. The molecule has 0 atom stereocenters. The van der Waals surface area contributed by atoms with Crippen molar-refractivity contribution < 1.29 is 19.1 Å². The summed E-state index contributed by atoms with van der Waals surface area (Å²) in [5.74, 6) is -0.120. The number of ether oxygens (including phenoxy) is 2. The molecule has 3 aromatic carbocycles. The number of nitrogens with one attached hydrogen (secondary N) is 1. The van der Waals surface area contributed by atoms with Crippen LogP contribution < -0.4 is 19.7 Å². The van der Waals surface area contributed by atoms with Gasteiger partial charge in [-0.1, -0.05) is 53.0 Å². The number of aryl methyl sites for hydroxylation is 1. The van der Waals surface area contributed by atoms with Crippen molar-refractivity contribution in [3.8, 4) is 11.5 Å². The van der Waals surface area contributed by atoms with E-state index in [1.165, 1.54) is 11.0 Å². The van der Waals surface area contributed by atoms with E-state index in [0.717, 1.165) is 11.1 Å². The second-order valence-electron chi connectivity index (χ2n) is 7.96. The van der Waals surface area contributed by atoms with Crippen LogP contribution >= 0.6 is 35.4 Å². The van der Waals surface area contributed by atoms with Crippen molar-refractivity contribution in [3.05, 3.63) is 93.0 Å². The van der Waals surface area contributed by atoms with Gasteiger partial charge in [0.25, 0.3) is 11.8 Å². The van der Waals surface area contributed by atoms with Crippen molar-refractivity contribution in [3.63, 3.8) is 0 Å². The Morgan fingerprint density at radius 3 is 2.42 bits per heavy atom. The van der Waals surface area contributed by atoms with Gasteiger partial charge in [0.15, 0.2) is 16.6 Å². The molecule has 1 saturated heterocycles. The molecule has 1 aliphatic heterocycles. The second-order valence-corrected chi connectivity index (χ2v) is 9.19. The first-order chi connectivity index (χ1) is 17.3. The van der Waals surface area contributed by atoms with Gasteiger partial charge in [0.05, 0.1) is 12.3 Å². The first-order valence-corrected chi connectivity index (χ1v) is 12.2. The van der Waals surface area contributed by atoms with Crippen LogP contribution in [0.4, 0.5) is 5.69 Å². The van der Waals surface area contributed by atoms with Gasteiger partial charge in [-0.25, -0.2) is 0 Å². The minimum atomic E-state index is -0.566. The molecule has 1 N–H and O–H groups in total. The van der Waals surface area contributed by atoms with Gasteiger partial charge in [0.1, 0.15) is 12.2 Å². The van der Waals surface area contributed by atoms with Crippen LogP contribution in [0.25, 0.3) is 6.08 Å². The summed E-state index contributed by atoms with van der Waals surface area (Å²) in [5.41, 5.74) is 2.92. The number of carbonyl (C=O) groups excluding carboxylic acids is 2. The van der Waals surface area contributed by atoms with Crippen molar-refractivity contribution >= 4 is 64.1 Å². The molecule has 6 nitrogen and oxygen atoms in total. The maximum absolute atomic E-state index is 13.3. The lowest BCUT2D eigenvalue weighted by Gasteiger charge is -2.29. The first-order valence-electron chi connectivity index (χ1n) is 11.1. The van der Waals surface area contributed by atoms with Crippen molar-refractivity contribution in [2.24, 2.45) is 0 Å². The van der Waals surface area contributed by atoms with E-state index in [-0.39, 0.29) is 17.3 Å². The van der Waals surface area contributed by atoms with Crippen molar-refractivity contribution in [2.75, 3.05) is 11.5 Å². The number of nitrogens with zero attached hydrogens (tertiary/aromatic N) is 1. The van der Waals surface area contributed by atoms with Gasteiger partial charge in [-0.2, -0.15) is 0 Å². The number of rotatable bonds is 7. The molecule has 1 aliphatic rings. The summed E-state index contributed by atoms with van der Waals surface area (Å²) in [6, 6.07) is 17.6. The maximum atomic E-state index is 13.3. The fraction of sp³-hybridized carbons (Fsp3) is 0.148. The van der Waals surface area contributed by atoms with E-state index in [9.17, 15) is 9.59 Å². The summed E-state index contributed by atoms with van der Waals surface area (Å²) in [7, 11) is 0. The normalized spacial score (nSPS) is 14.7. The second kappa shape index (κ2) is 11.1. The van der Waals surface area contributed by atoms with E-state index < -0.39 is 11.8 Å². The molecule has 0 radical (unpaired) electrons. The Labute approximate surface area is 224 Å². The molecule has 1 fully saturated rings. The van der Waals surface area contributed by atoms with E-state index in [1.54, 1.807) is 48.5 Å². The number of halogens is 2. The fourth-order valence-corrected chi connectivity index (χ4v) is 4.29. The highest BCUT2D eigenvalue weighted by Gasteiger charge is 2.34. The SMILES string of the molecule is CCOc1cc(/C=C2\C(=O)NC(=S)N(c3ccc(C)cc3)C2=O)ccc1OCc1ccc(Cl)cc1Cl. The first kappa shape index (κ1) is 25.7. The zero-order valence-corrected chi connectivity index (χ0v) is 21.8. The number of hydrogen-bond acceptors (Lipinski definition) is 5. The highest BCUT2D eigenvalue weighted by Crippen LogP contribution is 2.32. The van der Waals surface area contributed by atoms with Crippen LogP contribution in [0.3, 0.4) is 0 Å². The molecule has 0 unspecified atom stereocenters. The van der Waals surface area contributed by atoms with Crippen LogP contribution in [0.15, 0.2) is 66.2 Å². The lowest BCUT2D eigenvalue weighted by Crippen LogP contribution is -2.54. The molecule has 0 bridgehead atoms. The summed E-state index contributed by atoms with van der Waals surface area (Å²) in [5, 5.41) is 3.67. The summed E-state index contributed by atoms with van der Waals surface area (Å²) in [4.78, 5) is 27.2. The lowest BCUT2D eigenvalue weighted by atomic mass is 10.1. The monoisotopic (exact) mass is 540 g/mol. The van der Waals surface area contributed by atoms with Crippen molar-refractivity contribution in [1.29, 1.82) is 0 Å². The van der Waals surface area contributed by atoms with Crippen molar-refractivity contribution in [2.45, 2.75) is 20.5 Å². The van der Waals surface area contributed by atoms with Crippen molar-refractivity contribution in [1.82, 2.24) is 5.32 Å². The Morgan fingerprint density at radius 1 is 0.972 bits per heavy atom. The zero-order chi connectivity index (χ0) is 25.8. The molecule has 36 heavy (non-hydrogen) atoms. The molecule has 2 amide bonds. The van der Waals surface area contributed by atoms with Gasteiger partial charge in [-0.05, 0) is 74.1 Å². The fourth-order valence-electron chi connectivity index (χ4n) is 3.55. The van der Waals surface area contributed by atoms with Gasteiger partial charge in [-0.3, -0.25) is 19.8 Å². The molecule has 184 valence electrons. The third-order valence-electron chi connectivity index (χ3n) is 5.37. The summed E-state index contributed by atoms with van der Waals surface area (Å²) in [6.45, 7) is 4.40. The quantitative estimate of drug-likeness (QED) is 0.222. The zero-order valence-electron chi connectivity index (χ0n) is 19.5. The third kappa shape index (κ3) is 5.70. The highest BCUT2D eigenvalue weighted by molar-refractivity contribution is 7.80. The van der Waals surface area contributed by atoms with Gasteiger partial charge in [0, 0.05) is 15.6 Å². The Hall–Kier alpha value is -3.39. The largest absolute Gasteiger partial charge is 0.490 e. The standard InChI is InChI=1S/C27H22Cl2N2O4S/c1-3-34-24-13-17(6-11-23(24)35-15-18-7-8-19(28)14-22(18)29)12-21-25(32)30-27(36)31(26(21)33)20-9-4-16(2)5-10-20/h4-14H,3,15H2,1-2H3,(H,30,32,36)/b21-12+. The van der Waals surface area contributed by atoms with E-state index in [1.807, 2.05) is 26.0 Å². The van der Waals surface area contributed by atoms with Crippen LogP contribution in [0.2, 0.25) is 10.0 Å². The number of thiocarbonyl (C=S) groups is 1.